The summed E-state index contributed by atoms with van der Waals surface area (Å²) in [5.74, 6) is -1.43. The van der Waals surface area contributed by atoms with Gasteiger partial charge in [-0.25, -0.2) is 4.39 Å². The number of aliphatic hydroxyl groups excluding tert-OH is 1. The number of nitrogens with one attached hydrogen (secondary N) is 1. The molecule has 0 aliphatic carbocycles. The number of nitriles is 1. The molecule has 0 saturated carbocycles. The third kappa shape index (κ3) is 4.60. The number of carbonyl (C=O) groups is 2. The summed E-state index contributed by atoms with van der Waals surface area (Å²) in [4.78, 5) is 26.6. The number of amides is 1. The van der Waals surface area contributed by atoms with Crippen molar-refractivity contribution in [3.63, 3.8) is 0 Å². The lowest BCUT2D eigenvalue weighted by Gasteiger charge is -2.30. The molecule has 1 aliphatic heterocycles. The first-order chi connectivity index (χ1) is 11.5. The van der Waals surface area contributed by atoms with Crippen LogP contribution in [0, 0.1) is 23.1 Å². The predicted molar refractivity (Wildman–Crippen MR) is 84.5 cm³/mol. The van der Waals surface area contributed by atoms with Crippen LogP contribution in [0.2, 0.25) is 0 Å². The second kappa shape index (κ2) is 8.52. The SMILES string of the molecule is N#CCN1CCC(C(=O)NC(CO)C(=O)c2ccc(F)cc2)CC1. The van der Waals surface area contributed by atoms with Gasteiger partial charge in [-0.3, -0.25) is 14.5 Å². The van der Waals surface area contributed by atoms with E-state index in [4.69, 9.17) is 5.26 Å². The monoisotopic (exact) mass is 333 g/mol. The van der Waals surface area contributed by atoms with E-state index in [1.165, 1.54) is 12.1 Å². The first-order valence-corrected chi connectivity index (χ1v) is 7.85. The van der Waals surface area contributed by atoms with Gasteiger partial charge in [-0.05, 0) is 50.2 Å². The summed E-state index contributed by atoms with van der Waals surface area (Å²) in [6.45, 7) is 1.13. The summed E-state index contributed by atoms with van der Waals surface area (Å²) in [6.07, 6.45) is 1.22. The van der Waals surface area contributed by atoms with Gasteiger partial charge in [-0.15, -0.1) is 0 Å². The second-order valence-electron chi connectivity index (χ2n) is 5.82. The number of benzene rings is 1. The molecule has 1 aromatic rings. The number of rotatable bonds is 6. The summed E-state index contributed by atoms with van der Waals surface area (Å²) in [7, 11) is 0. The van der Waals surface area contributed by atoms with Crippen LogP contribution in [-0.4, -0.2) is 54.0 Å². The summed E-state index contributed by atoms with van der Waals surface area (Å²) in [5.41, 5.74) is 0.236. The summed E-state index contributed by atoms with van der Waals surface area (Å²) >= 11 is 0. The molecule has 1 aromatic carbocycles. The number of Topliss-reactive ketones (excluding diaryl/α,β-unsaturated/α-hetero) is 1. The Morgan fingerprint density at radius 2 is 1.96 bits per heavy atom. The third-order valence-electron chi connectivity index (χ3n) is 4.20. The van der Waals surface area contributed by atoms with Gasteiger partial charge >= 0.3 is 0 Å². The Labute approximate surface area is 139 Å². The van der Waals surface area contributed by atoms with Crippen molar-refractivity contribution in [3.8, 4) is 6.07 Å². The van der Waals surface area contributed by atoms with Crippen molar-refractivity contribution >= 4 is 11.7 Å². The quantitative estimate of drug-likeness (QED) is 0.591. The molecule has 1 atom stereocenters. The zero-order chi connectivity index (χ0) is 17.5. The molecule has 1 fully saturated rings. The molecule has 0 radical (unpaired) electrons. The van der Waals surface area contributed by atoms with Crippen molar-refractivity contribution in [1.29, 1.82) is 5.26 Å². The lowest BCUT2D eigenvalue weighted by molar-refractivity contribution is -0.127. The van der Waals surface area contributed by atoms with Gasteiger partial charge in [0.1, 0.15) is 11.9 Å². The number of ketones is 1. The molecule has 24 heavy (non-hydrogen) atoms. The molecule has 0 spiro atoms. The Kier molecular flexibility index (Phi) is 6.41. The lowest BCUT2D eigenvalue weighted by atomic mass is 9.95. The molecule has 0 aromatic heterocycles. The van der Waals surface area contributed by atoms with Gasteiger partial charge in [0, 0.05) is 11.5 Å². The average molecular weight is 333 g/mol. The first-order valence-electron chi connectivity index (χ1n) is 7.85. The van der Waals surface area contributed by atoms with E-state index in [2.05, 4.69) is 11.4 Å². The van der Waals surface area contributed by atoms with E-state index in [0.29, 0.717) is 32.5 Å². The maximum atomic E-state index is 12.9. The molecular weight excluding hydrogens is 313 g/mol. The van der Waals surface area contributed by atoms with Crippen LogP contribution in [0.5, 0.6) is 0 Å². The van der Waals surface area contributed by atoms with Gasteiger partial charge in [-0.1, -0.05) is 0 Å². The maximum Gasteiger partial charge on any atom is 0.223 e. The molecule has 7 heteroatoms. The fraction of sp³-hybridized carbons (Fsp3) is 0.471. The van der Waals surface area contributed by atoms with Crippen molar-refractivity contribution in [2.24, 2.45) is 5.92 Å². The Balaban J connectivity index is 1.92. The highest BCUT2D eigenvalue weighted by Crippen LogP contribution is 2.17. The number of hydrogen-bond donors (Lipinski definition) is 2. The largest absolute Gasteiger partial charge is 0.394 e. The van der Waals surface area contributed by atoms with Crippen LogP contribution in [0.4, 0.5) is 4.39 Å². The molecule has 1 unspecified atom stereocenters. The maximum absolute atomic E-state index is 12.9. The highest BCUT2D eigenvalue weighted by atomic mass is 19.1. The van der Waals surface area contributed by atoms with Gasteiger partial charge in [0.25, 0.3) is 0 Å². The molecule has 2 N–H and O–H groups in total. The fourth-order valence-corrected chi connectivity index (χ4v) is 2.75. The van der Waals surface area contributed by atoms with Crippen LogP contribution in [0.3, 0.4) is 0 Å². The second-order valence-corrected chi connectivity index (χ2v) is 5.82. The van der Waals surface area contributed by atoms with Gasteiger partial charge in [0.2, 0.25) is 5.91 Å². The minimum atomic E-state index is -1.04. The zero-order valence-corrected chi connectivity index (χ0v) is 13.2. The smallest absolute Gasteiger partial charge is 0.223 e. The van der Waals surface area contributed by atoms with Gasteiger partial charge < -0.3 is 10.4 Å². The Bertz CT molecular complexity index is 619. The van der Waals surface area contributed by atoms with Crippen molar-refractivity contribution in [3.05, 3.63) is 35.6 Å². The van der Waals surface area contributed by atoms with Gasteiger partial charge in [0.05, 0.1) is 19.2 Å². The predicted octanol–water partition coefficient (Wildman–Crippen LogP) is 0.721. The summed E-state index contributed by atoms with van der Waals surface area (Å²) in [6, 6.07) is 6.01. The number of nitrogens with zero attached hydrogens (tertiary/aromatic N) is 2. The minimum Gasteiger partial charge on any atom is -0.394 e. The number of piperidine rings is 1. The van der Waals surface area contributed by atoms with Crippen molar-refractivity contribution in [2.75, 3.05) is 26.2 Å². The normalized spacial score (nSPS) is 17.0. The molecule has 2 rings (SSSR count). The lowest BCUT2D eigenvalue weighted by Crippen LogP contribution is -2.48. The topological polar surface area (TPSA) is 93.4 Å². The Hall–Kier alpha value is -2.30. The molecule has 1 amide bonds. The first kappa shape index (κ1) is 18.0. The van der Waals surface area contributed by atoms with Crippen LogP contribution in [0.15, 0.2) is 24.3 Å². The van der Waals surface area contributed by atoms with Gasteiger partial charge in [-0.2, -0.15) is 5.26 Å². The van der Waals surface area contributed by atoms with E-state index in [9.17, 15) is 19.1 Å². The van der Waals surface area contributed by atoms with E-state index in [1.54, 1.807) is 0 Å². The van der Waals surface area contributed by atoms with Crippen molar-refractivity contribution in [2.45, 2.75) is 18.9 Å². The van der Waals surface area contributed by atoms with E-state index >= 15 is 0 Å². The van der Waals surface area contributed by atoms with Crippen molar-refractivity contribution in [1.82, 2.24) is 10.2 Å². The molecule has 6 nitrogen and oxygen atoms in total. The summed E-state index contributed by atoms with van der Waals surface area (Å²) < 4.78 is 12.9. The number of hydrogen-bond acceptors (Lipinski definition) is 5. The minimum absolute atomic E-state index is 0.236. The van der Waals surface area contributed by atoms with E-state index in [0.717, 1.165) is 12.1 Å². The highest BCUT2D eigenvalue weighted by molar-refractivity contribution is 6.02. The molecular formula is C17H20FN3O3. The third-order valence-corrected chi connectivity index (χ3v) is 4.20. The van der Waals surface area contributed by atoms with E-state index in [1.807, 2.05) is 4.90 Å². The van der Waals surface area contributed by atoms with Gasteiger partial charge in [0.15, 0.2) is 5.78 Å². The van der Waals surface area contributed by atoms with Crippen LogP contribution in [0.25, 0.3) is 0 Å². The molecule has 1 saturated heterocycles. The van der Waals surface area contributed by atoms with Crippen LogP contribution in [-0.2, 0) is 4.79 Å². The number of likely N-dealkylation sites (tertiary alicyclic amines) is 1. The van der Waals surface area contributed by atoms with E-state index in [-0.39, 0.29) is 17.4 Å². The molecule has 1 aliphatic rings. The van der Waals surface area contributed by atoms with E-state index < -0.39 is 24.2 Å². The summed E-state index contributed by atoms with van der Waals surface area (Å²) in [5, 5.41) is 20.7. The Morgan fingerprint density at radius 3 is 2.50 bits per heavy atom. The molecule has 1 heterocycles. The van der Waals surface area contributed by atoms with Crippen molar-refractivity contribution < 1.29 is 19.1 Å². The fourth-order valence-electron chi connectivity index (χ4n) is 2.75. The van der Waals surface area contributed by atoms with Crippen LogP contribution in [0.1, 0.15) is 23.2 Å². The van der Waals surface area contributed by atoms with Crippen LogP contribution >= 0.6 is 0 Å². The Morgan fingerprint density at radius 1 is 1.33 bits per heavy atom. The average Bonchev–Trinajstić information content (AvgIpc) is 2.60. The number of halogens is 1. The molecule has 0 bridgehead atoms. The molecule has 128 valence electrons. The highest BCUT2D eigenvalue weighted by Gasteiger charge is 2.28. The standard InChI is InChI=1S/C17H20FN3O3/c18-14-3-1-12(2-4-14)16(23)15(11-22)20-17(24)13-5-8-21(9-6-13)10-7-19/h1-4,13,15,22H,5-6,8-11H2,(H,20,24). The zero-order valence-electron chi connectivity index (χ0n) is 13.2. The number of aliphatic hydroxyl groups is 1. The van der Waals surface area contributed by atoms with Crippen LogP contribution < -0.4 is 5.32 Å². The number of carbonyl (C=O) groups excluding carboxylic acids is 2.